The summed E-state index contributed by atoms with van der Waals surface area (Å²) in [4.78, 5) is 0. The van der Waals surface area contributed by atoms with Crippen LogP contribution in [-0.2, 0) is 0 Å². The topological polar surface area (TPSA) is 0 Å². The first-order valence-corrected chi connectivity index (χ1v) is 51.5. The summed E-state index contributed by atoms with van der Waals surface area (Å²) in [5.41, 5.74) is 13.1. The second kappa shape index (κ2) is 25.8. The molecular weight excluding hydrogens is 1600 g/mol. The molecule has 6 aliphatic heterocycles. The summed E-state index contributed by atoms with van der Waals surface area (Å²) in [6.45, 7) is 0. The van der Waals surface area contributed by atoms with E-state index in [9.17, 15) is 0 Å². The molecule has 0 radical (unpaired) electrons. The third kappa shape index (κ3) is 8.83. The van der Waals surface area contributed by atoms with E-state index in [0.29, 0.717) is 0 Å². The van der Waals surface area contributed by atoms with Gasteiger partial charge in [-0.05, 0) is 292 Å². The molecule has 0 unspecified atom stereocenters. The van der Waals surface area contributed by atoms with Crippen molar-refractivity contribution >= 4 is 248 Å². The monoisotopic (exact) mass is 1670 g/mol. The van der Waals surface area contributed by atoms with Gasteiger partial charge in [0.15, 0.2) is 24.2 Å². The Kier molecular flexibility index (Phi) is 14.1. The maximum absolute atomic E-state index is 2.80. The van der Waals surface area contributed by atoms with Gasteiger partial charge in [-0.15, -0.1) is 0 Å². The largest absolute Gasteiger partial charge is 0.182 e. The Morgan fingerprint density at radius 2 is 0.264 bits per heavy atom. The highest BCUT2D eigenvalue weighted by atomic mass is 28.3. The Bertz CT molecular complexity index is 8910. The summed E-state index contributed by atoms with van der Waals surface area (Å²) >= 11 is 0. The highest BCUT2D eigenvalue weighted by Crippen LogP contribution is 2.50. The predicted octanol–water partition coefficient (Wildman–Crippen LogP) is 24.7. The molecule has 6 heterocycles. The van der Waals surface area contributed by atoms with Gasteiger partial charge in [-0.2, -0.15) is 0 Å². The average Bonchev–Trinajstić information content (AvgIpc) is 1.50. The fourth-order valence-electron chi connectivity index (χ4n) is 26.5. The van der Waals surface area contributed by atoms with Gasteiger partial charge in [0.05, 0.1) is 0 Å². The van der Waals surface area contributed by atoms with E-state index in [-0.39, 0.29) is 0 Å². The quantitative estimate of drug-likeness (QED) is 0.122. The second-order valence-electron chi connectivity index (χ2n) is 36.7. The fourth-order valence-corrected chi connectivity index (χ4v) is 43.5. The zero-order chi connectivity index (χ0) is 83.8. The molecule has 26 aromatic carbocycles. The van der Waals surface area contributed by atoms with E-state index in [4.69, 9.17) is 0 Å². The van der Waals surface area contributed by atoms with Crippen molar-refractivity contribution in [3.63, 3.8) is 0 Å². The number of fused-ring (bicyclic) bond motifs is 30. The van der Waals surface area contributed by atoms with Crippen LogP contribution in [0.3, 0.4) is 0 Å². The Morgan fingerprint density at radius 3 is 0.496 bits per heavy atom. The van der Waals surface area contributed by atoms with Crippen molar-refractivity contribution in [3.8, 4) is 55.6 Å². The van der Waals surface area contributed by atoms with Gasteiger partial charge in [0.25, 0.3) is 0 Å². The molecule has 129 heavy (non-hydrogen) atoms. The van der Waals surface area contributed by atoms with E-state index in [0.717, 1.165) is 0 Å². The maximum atomic E-state index is 2.60. The predicted molar refractivity (Wildman–Crippen MR) is 561 cm³/mol. The van der Waals surface area contributed by atoms with Crippen molar-refractivity contribution in [2.45, 2.75) is 0 Å². The van der Waals surface area contributed by atoms with Crippen LogP contribution in [0, 0.1) is 0 Å². The highest BCUT2D eigenvalue weighted by molar-refractivity contribution is 7.28. The molecule has 26 aromatic rings. The first-order chi connectivity index (χ1) is 64.0. The Labute approximate surface area is 746 Å². The van der Waals surface area contributed by atoms with E-state index >= 15 is 0 Å². The van der Waals surface area contributed by atoms with Crippen molar-refractivity contribution in [3.05, 3.63) is 449 Å². The van der Waals surface area contributed by atoms with Crippen LogP contribution in [0.1, 0.15) is 0 Å². The van der Waals surface area contributed by atoms with Crippen molar-refractivity contribution in [2.24, 2.45) is 0 Å². The third-order valence-electron chi connectivity index (χ3n) is 31.2. The summed E-state index contributed by atoms with van der Waals surface area (Å²) in [6, 6.07) is 171. The van der Waals surface area contributed by atoms with Crippen LogP contribution in [0.4, 0.5) is 0 Å². The molecule has 0 bridgehead atoms. The standard InChI is InChI=1S/C48H28Si.C42H26Si.C36H20Si/c1-3-13-29(14-4-1)31-25-39-35-19-9-7-17-33(35)37-21-11-23-41-45(37)47(39)43(27-31)49(41)42-24-12-22-38-34-18-8-10-20-36(34)40-26-32(30-15-5-2-6-16-30)28-44(49)48(40)46(38)42;1-3-11-27(12-4-1)29-21-23-33-34-24-22-30(28-13-5-2-6-14-28)26-40(34)43(39(33)25-29)37-19-9-17-35-31-15-7-8-16-32(31)36-18-10-20-38(43)42(36)41(35)37;1-2-10-22-21(9-1)25-13-5-17-29-33(25)34-26(22)14-6-18-30(34)37(29)31-19-7-15-27-23-11-3-4-12-24(23)28-16-8-20-32(37)36(28)35(27)31/h1-28H;1-26H;1-20H. The minimum Gasteiger partial charge on any atom is -0.0622 e. The molecular formula is C126H74Si3. The van der Waals surface area contributed by atoms with Crippen LogP contribution < -0.4 is 62.2 Å². The molecule has 0 amide bonds. The molecule has 0 aliphatic carbocycles. The van der Waals surface area contributed by atoms with Gasteiger partial charge < -0.3 is 0 Å². The molecule has 590 valence electrons. The molecule has 0 aromatic heterocycles. The van der Waals surface area contributed by atoms with Gasteiger partial charge in [0.2, 0.25) is 0 Å². The summed E-state index contributed by atoms with van der Waals surface area (Å²) < 4.78 is 0. The molecule has 3 spiro atoms. The Hall–Kier alpha value is -15.7. The van der Waals surface area contributed by atoms with Crippen LogP contribution in [0.2, 0.25) is 0 Å². The average molecular weight is 1670 g/mol. The lowest BCUT2D eigenvalue weighted by molar-refractivity contribution is 1.62. The molecule has 0 saturated carbocycles. The van der Waals surface area contributed by atoms with Crippen LogP contribution in [0.25, 0.3) is 217 Å². The van der Waals surface area contributed by atoms with Crippen LogP contribution >= 0.6 is 0 Å². The van der Waals surface area contributed by atoms with E-state index in [1.807, 2.05) is 0 Å². The molecule has 0 N–H and O–H groups in total. The van der Waals surface area contributed by atoms with Crippen molar-refractivity contribution < 1.29 is 0 Å². The number of benzene rings is 26. The van der Waals surface area contributed by atoms with E-state index in [1.165, 1.54) is 238 Å². The maximum Gasteiger partial charge on any atom is 0.182 e. The zero-order valence-electron chi connectivity index (χ0n) is 70.2. The number of rotatable bonds is 4. The van der Waals surface area contributed by atoms with Crippen molar-refractivity contribution in [2.75, 3.05) is 0 Å². The van der Waals surface area contributed by atoms with Gasteiger partial charge in [0.1, 0.15) is 0 Å². The summed E-state index contributed by atoms with van der Waals surface area (Å²) in [5, 5.41) is 60.7. The lowest BCUT2D eigenvalue weighted by atomic mass is 9.92. The number of hydrogen-bond acceptors (Lipinski definition) is 0. The lowest BCUT2D eigenvalue weighted by Crippen LogP contribution is -2.71. The lowest BCUT2D eigenvalue weighted by Gasteiger charge is -2.29. The number of hydrogen-bond donors (Lipinski definition) is 0. The fraction of sp³-hybridized carbons (Fsp3) is 0. The van der Waals surface area contributed by atoms with Crippen LogP contribution in [0.5, 0.6) is 0 Å². The van der Waals surface area contributed by atoms with Gasteiger partial charge in [-0.3, -0.25) is 0 Å². The molecule has 3 heteroatoms. The van der Waals surface area contributed by atoms with Crippen molar-refractivity contribution in [1.82, 2.24) is 0 Å². The molecule has 32 rings (SSSR count). The van der Waals surface area contributed by atoms with E-state index < -0.39 is 24.2 Å². The normalized spacial score (nSPS) is 14.1. The van der Waals surface area contributed by atoms with E-state index in [2.05, 4.69) is 449 Å². The van der Waals surface area contributed by atoms with E-state index in [1.54, 1.807) is 41.5 Å². The molecule has 0 saturated heterocycles. The van der Waals surface area contributed by atoms with Crippen LogP contribution in [0.15, 0.2) is 449 Å². The summed E-state index contributed by atoms with van der Waals surface area (Å²) in [6.07, 6.45) is 0. The summed E-state index contributed by atoms with van der Waals surface area (Å²) in [5.74, 6) is 0. The molecule has 0 atom stereocenters. The molecule has 0 nitrogen and oxygen atoms in total. The molecule has 0 fully saturated rings. The smallest absolute Gasteiger partial charge is 0.0622 e. The van der Waals surface area contributed by atoms with Gasteiger partial charge in [0, 0.05) is 0 Å². The van der Waals surface area contributed by atoms with Gasteiger partial charge >= 0.3 is 0 Å². The third-order valence-corrected chi connectivity index (χ3v) is 45.8. The Morgan fingerprint density at radius 1 is 0.0930 bits per heavy atom. The highest BCUT2D eigenvalue weighted by Gasteiger charge is 2.57. The first kappa shape index (κ1) is 70.5. The van der Waals surface area contributed by atoms with Gasteiger partial charge in [-0.1, -0.05) is 437 Å². The Balaban J connectivity index is 0.0000000945. The van der Waals surface area contributed by atoms with Crippen molar-refractivity contribution in [1.29, 1.82) is 0 Å². The minimum atomic E-state index is -2.80. The summed E-state index contributed by atoms with van der Waals surface area (Å²) in [7, 11) is -7.92. The van der Waals surface area contributed by atoms with Gasteiger partial charge in [-0.25, -0.2) is 0 Å². The SMILES string of the molecule is c1ccc(-c2cc3c4c(c2)c2ccccc2c2cccc(c24)[Si]32c3cccc4c5ccccc5c5cc(-c6ccccc6)cc2c5c34)cc1.c1ccc(-c2ccc3c(c2)[Si]2(c4cc(-c5ccccc5)ccc4-3)c3cccc4c5ccccc5c5cccc2c5c34)cc1.c1ccc2c(c1)c1cccc3c1c1c(cccc21)[Si]31c2cccc3c4ccccc4c4cccc1c4c23. The second-order valence-corrected chi connectivity index (χ2v) is 47.6. The molecule has 6 aliphatic rings. The minimum absolute atomic E-state index is 1.27. The van der Waals surface area contributed by atoms with Crippen LogP contribution in [-0.4, -0.2) is 24.2 Å². The zero-order valence-corrected chi connectivity index (χ0v) is 73.2. The first-order valence-electron chi connectivity index (χ1n) is 45.5.